The first-order valence-corrected chi connectivity index (χ1v) is 10.6. The Labute approximate surface area is 149 Å². The van der Waals surface area contributed by atoms with E-state index in [9.17, 15) is 13.2 Å². The number of aryl methyl sites for hydroxylation is 2. The summed E-state index contributed by atoms with van der Waals surface area (Å²) in [6, 6.07) is 6.03. The Morgan fingerprint density at radius 3 is 2.52 bits per heavy atom. The summed E-state index contributed by atoms with van der Waals surface area (Å²) in [5.41, 5.74) is 2.20. The SMILES string of the molecule is Cc1ccc(OCC(=O)N2CCN(C3CCS(=O)(=O)C3)CC2)c(C)c1. The van der Waals surface area contributed by atoms with E-state index < -0.39 is 9.84 Å². The van der Waals surface area contributed by atoms with Gasteiger partial charge in [0.2, 0.25) is 0 Å². The Hall–Kier alpha value is -1.60. The van der Waals surface area contributed by atoms with Crippen LogP contribution in [-0.4, -0.2) is 74.5 Å². The lowest BCUT2D eigenvalue weighted by molar-refractivity contribution is -0.135. The van der Waals surface area contributed by atoms with Crippen LogP contribution in [0.2, 0.25) is 0 Å². The highest BCUT2D eigenvalue weighted by molar-refractivity contribution is 7.91. The fourth-order valence-electron chi connectivity index (χ4n) is 3.59. The van der Waals surface area contributed by atoms with Crippen molar-refractivity contribution >= 4 is 15.7 Å². The van der Waals surface area contributed by atoms with Crippen LogP contribution in [0.1, 0.15) is 17.5 Å². The normalized spacial score (nSPS) is 23.6. The number of hydrogen-bond donors (Lipinski definition) is 0. The van der Waals surface area contributed by atoms with Gasteiger partial charge < -0.3 is 9.64 Å². The van der Waals surface area contributed by atoms with Crippen LogP contribution in [0.15, 0.2) is 18.2 Å². The van der Waals surface area contributed by atoms with Crippen LogP contribution >= 0.6 is 0 Å². The first-order valence-electron chi connectivity index (χ1n) is 8.76. The lowest BCUT2D eigenvalue weighted by atomic mass is 10.1. The van der Waals surface area contributed by atoms with Crippen LogP contribution in [0, 0.1) is 13.8 Å². The van der Waals surface area contributed by atoms with E-state index in [1.165, 1.54) is 5.56 Å². The molecule has 25 heavy (non-hydrogen) atoms. The maximum absolute atomic E-state index is 12.4. The molecule has 1 aromatic carbocycles. The number of benzene rings is 1. The van der Waals surface area contributed by atoms with Crippen LogP contribution in [0.5, 0.6) is 5.75 Å². The smallest absolute Gasteiger partial charge is 0.260 e. The summed E-state index contributed by atoms with van der Waals surface area (Å²) in [6.45, 7) is 6.77. The van der Waals surface area contributed by atoms with E-state index in [-0.39, 0.29) is 24.3 Å². The minimum absolute atomic E-state index is 0.0151. The molecular formula is C18H26N2O4S. The summed E-state index contributed by atoms with van der Waals surface area (Å²) >= 11 is 0. The maximum Gasteiger partial charge on any atom is 0.260 e. The molecule has 0 aliphatic carbocycles. The van der Waals surface area contributed by atoms with E-state index in [0.717, 1.165) is 24.4 Å². The molecule has 138 valence electrons. The highest BCUT2D eigenvalue weighted by atomic mass is 32.2. The zero-order valence-corrected chi connectivity index (χ0v) is 15.7. The second kappa shape index (κ2) is 7.33. The number of rotatable bonds is 4. The van der Waals surface area contributed by atoms with Crippen molar-refractivity contribution in [2.24, 2.45) is 0 Å². The highest BCUT2D eigenvalue weighted by Crippen LogP contribution is 2.20. The standard InChI is InChI=1S/C18H26N2O4S/c1-14-3-4-17(15(2)11-14)24-12-18(21)20-8-6-19(7-9-20)16-5-10-25(22,23)13-16/h3-4,11,16H,5-10,12-13H2,1-2H3. The summed E-state index contributed by atoms with van der Waals surface area (Å²) in [7, 11) is -2.86. The van der Waals surface area contributed by atoms with Gasteiger partial charge in [-0.15, -0.1) is 0 Å². The Bertz CT molecular complexity index is 739. The number of piperazine rings is 1. The van der Waals surface area contributed by atoms with Crippen molar-refractivity contribution in [1.29, 1.82) is 0 Å². The predicted octanol–water partition coefficient (Wildman–Crippen LogP) is 1.01. The predicted molar refractivity (Wildman–Crippen MR) is 96.6 cm³/mol. The number of nitrogens with zero attached hydrogens (tertiary/aromatic N) is 2. The molecule has 1 unspecified atom stereocenters. The molecule has 0 N–H and O–H groups in total. The molecule has 1 amide bonds. The van der Waals surface area contributed by atoms with Gasteiger partial charge >= 0.3 is 0 Å². The van der Waals surface area contributed by atoms with Gasteiger partial charge in [-0.25, -0.2) is 8.42 Å². The van der Waals surface area contributed by atoms with Crippen LogP contribution in [-0.2, 0) is 14.6 Å². The molecule has 2 aliphatic heterocycles. The molecular weight excluding hydrogens is 340 g/mol. The number of ether oxygens (including phenoxy) is 1. The van der Waals surface area contributed by atoms with E-state index in [2.05, 4.69) is 4.90 Å². The number of carbonyl (C=O) groups is 1. The Morgan fingerprint density at radius 2 is 1.92 bits per heavy atom. The van der Waals surface area contributed by atoms with Gasteiger partial charge in [0.1, 0.15) is 5.75 Å². The van der Waals surface area contributed by atoms with E-state index in [1.54, 1.807) is 0 Å². The minimum Gasteiger partial charge on any atom is -0.484 e. The van der Waals surface area contributed by atoms with Crippen molar-refractivity contribution in [3.05, 3.63) is 29.3 Å². The third-order valence-electron chi connectivity index (χ3n) is 5.07. The molecule has 0 saturated carbocycles. The number of hydrogen-bond acceptors (Lipinski definition) is 5. The van der Waals surface area contributed by atoms with Crippen LogP contribution in [0.4, 0.5) is 0 Å². The summed E-state index contributed by atoms with van der Waals surface area (Å²) in [6.07, 6.45) is 0.714. The molecule has 7 heteroatoms. The number of carbonyl (C=O) groups excluding carboxylic acids is 1. The fraction of sp³-hybridized carbons (Fsp3) is 0.611. The van der Waals surface area contributed by atoms with Crippen molar-refractivity contribution in [2.45, 2.75) is 26.3 Å². The molecule has 2 heterocycles. The minimum atomic E-state index is -2.86. The molecule has 1 aromatic rings. The van der Waals surface area contributed by atoms with Crippen molar-refractivity contribution in [3.8, 4) is 5.75 Å². The summed E-state index contributed by atoms with van der Waals surface area (Å²) < 4.78 is 28.9. The van der Waals surface area contributed by atoms with Gasteiger partial charge in [-0.2, -0.15) is 0 Å². The molecule has 0 spiro atoms. The lowest BCUT2D eigenvalue weighted by Crippen LogP contribution is -2.53. The summed E-state index contributed by atoms with van der Waals surface area (Å²) in [4.78, 5) is 16.4. The van der Waals surface area contributed by atoms with Crippen LogP contribution < -0.4 is 4.74 Å². The molecule has 0 aromatic heterocycles. The van der Waals surface area contributed by atoms with Crippen LogP contribution in [0.3, 0.4) is 0 Å². The van der Waals surface area contributed by atoms with E-state index >= 15 is 0 Å². The maximum atomic E-state index is 12.4. The first-order chi connectivity index (χ1) is 11.8. The zero-order chi connectivity index (χ0) is 18.0. The highest BCUT2D eigenvalue weighted by Gasteiger charge is 2.34. The van der Waals surface area contributed by atoms with E-state index in [4.69, 9.17) is 4.74 Å². The fourth-order valence-corrected chi connectivity index (χ4v) is 5.35. The van der Waals surface area contributed by atoms with Crippen molar-refractivity contribution < 1.29 is 17.9 Å². The number of sulfone groups is 1. The van der Waals surface area contributed by atoms with Gasteiger partial charge in [0.15, 0.2) is 16.4 Å². The van der Waals surface area contributed by atoms with E-state index in [0.29, 0.717) is 25.3 Å². The van der Waals surface area contributed by atoms with Gasteiger partial charge in [-0.1, -0.05) is 17.7 Å². The van der Waals surface area contributed by atoms with Crippen molar-refractivity contribution in [1.82, 2.24) is 9.80 Å². The van der Waals surface area contributed by atoms with Gasteiger partial charge in [0.25, 0.3) is 5.91 Å². The average molecular weight is 366 g/mol. The molecule has 2 fully saturated rings. The average Bonchev–Trinajstić information content (AvgIpc) is 2.94. The second-order valence-corrected chi connectivity index (χ2v) is 9.26. The molecule has 2 saturated heterocycles. The number of amides is 1. The summed E-state index contributed by atoms with van der Waals surface area (Å²) in [5.74, 6) is 1.28. The third kappa shape index (κ3) is 4.52. The topological polar surface area (TPSA) is 66.9 Å². The molecule has 1 atom stereocenters. The van der Waals surface area contributed by atoms with Crippen molar-refractivity contribution in [2.75, 3.05) is 44.3 Å². The van der Waals surface area contributed by atoms with Gasteiger partial charge in [0.05, 0.1) is 11.5 Å². The summed E-state index contributed by atoms with van der Waals surface area (Å²) in [5, 5.41) is 0. The Morgan fingerprint density at radius 1 is 1.20 bits per heavy atom. The molecule has 2 aliphatic rings. The van der Waals surface area contributed by atoms with Crippen LogP contribution in [0.25, 0.3) is 0 Å². The van der Waals surface area contributed by atoms with E-state index in [1.807, 2.05) is 36.9 Å². The van der Waals surface area contributed by atoms with Gasteiger partial charge in [-0.05, 0) is 31.9 Å². The van der Waals surface area contributed by atoms with Crippen molar-refractivity contribution in [3.63, 3.8) is 0 Å². The zero-order valence-electron chi connectivity index (χ0n) is 14.9. The van der Waals surface area contributed by atoms with Gasteiger partial charge in [0, 0.05) is 32.2 Å². The second-order valence-electron chi connectivity index (χ2n) is 7.03. The molecule has 3 rings (SSSR count). The Kier molecular flexibility index (Phi) is 5.34. The Balaban J connectivity index is 1.47. The lowest BCUT2D eigenvalue weighted by Gasteiger charge is -2.37. The third-order valence-corrected chi connectivity index (χ3v) is 6.82. The quantitative estimate of drug-likeness (QED) is 0.796. The monoisotopic (exact) mass is 366 g/mol. The largest absolute Gasteiger partial charge is 0.484 e. The van der Waals surface area contributed by atoms with Gasteiger partial charge in [-0.3, -0.25) is 9.69 Å². The molecule has 0 bridgehead atoms. The molecule has 0 radical (unpaired) electrons. The first kappa shape index (κ1) is 18.2. The molecule has 6 nitrogen and oxygen atoms in total.